The number of hydrogen-bond donors (Lipinski definition) is 0. The van der Waals surface area contributed by atoms with E-state index in [0.29, 0.717) is 16.6 Å². The molecule has 0 amide bonds. The second kappa shape index (κ2) is 5.11. The highest BCUT2D eigenvalue weighted by Gasteiger charge is 2.21. The van der Waals surface area contributed by atoms with Gasteiger partial charge in [0.05, 0.1) is 13.2 Å². The van der Waals surface area contributed by atoms with Gasteiger partial charge in [-0.25, -0.2) is 4.98 Å². The first-order valence-electron chi connectivity index (χ1n) is 5.37. The maximum atomic E-state index is 9.38. The topological polar surface area (TPSA) is 50.8 Å². The molecule has 0 fully saturated rings. The minimum Gasteiger partial charge on any atom is -0.496 e. The zero-order valence-electron chi connectivity index (χ0n) is 10.1. The van der Waals surface area contributed by atoms with Crippen molar-refractivity contribution in [2.24, 2.45) is 7.05 Å². The highest BCUT2D eigenvalue weighted by molar-refractivity contribution is 6.30. The Morgan fingerprint density at radius 3 is 2.83 bits per heavy atom. The molecule has 5 heteroatoms. The number of hydrogen-bond acceptors (Lipinski definition) is 3. The Hall–Kier alpha value is -1.99. The second-order valence-corrected chi connectivity index (χ2v) is 4.28. The van der Waals surface area contributed by atoms with Gasteiger partial charge in [0, 0.05) is 30.0 Å². The lowest BCUT2D eigenvalue weighted by molar-refractivity contribution is 0.409. The number of benzene rings is 1. The number of nitriles is 1. The van der Waals surface area contributed by atoms with E-state index in [1.54, 1.807) is 37.7 Å². The first-order chi connectivity index (χ1) is 8.67. The minimum atomic E-state index is -0.501. The van der Waals surface area contributed by atoms with Gasteiger partial charge in [-0.3, -0.25) is 0 Å². The summed E-state index contributed by atoms with van der Waals surface area (Å²) in [6.45, 7) is 0. The van der Waals surface area contributed by atoms with Crippen LogP contribution in [0.1, 0.15) is 17.3 Å². The Labute approximate surface area is 110 Å². The normalized spacial score (nSPS) is 11.9. The van der Waals surface area contributed by atoms with Crippen LogP contribution >= 0.6 is 11.6 Å². The van der Waals surface area contributed by atoms with Crippen LogP contribution in [0.15, 0.2) is 30.6 Å². The molecule has 0 aliphatic heterocycles. The van der Waals surface area contributed by atoms with Gasteiger partial charge in [0.25, 0.3) is 0 Å². The maximum Gasteiger partial charge on any atom is 0.133 e. The SMILES string of the molecule is COc1ccc(Cl)cc1C(C#N)c1nccn1C. The van der Waals surface area contributed by atoms with Gasteiger partial charge in [-0.1, -0.05) is 11.6 Å². The fraction of sp³-hybridized carbons (Fsp3) is 0.231. The van der Waals surface area contributed by atoms with Crippen LogP contribution in [0.25, 0.3) is 0 Å². The van der Waals surface area contributed by atoms with Crippen LogP contribution in [0.3, 0.4) is 0 Å². The summed E-state index contributed by atoms with van der Waals surface area (Å²) in [4.78, 5) is 4.21. The van der Waals surface area contributed by atoms with Gasteiger partial charge in [-0.2, -0.15) is 5.26 Å². The van der Waals surface area contributed by atoms with E-state index < -0.39 is 5.92 Å². The third-order valence-electron chi connectivity index (χ3n) is 2.75. The van der Waals surface area contributed by atoms with Crippen molar-refractivity contribution < 1.29 is 4.74 Å². The summed E-state index contributed by atoms with van der Waals surface area (Å²) in [5.74, 6) is 0.797. The third kappa shape index (κ3) is 2.18. The number of halogens is 1. The van der Waals surface area contributed by atoms with Gasteiger partial charge in [-0.05, 0) is 18.2 Å². The Morgan fingerprint density at radius 1 is 1.50 bits per heavy atom. The molecule has 1 aromatic carbocycles. The molecule has 1 atom stereocenters. The van der Waals surface area contributed by atoms with Gasteiger partial charge in [0.15, 0.2) is 0 Å². The molecular weight excluding hydrogens is 250 g/mol. The number of imidazole rings is 1. The van der Waals surface area contributed by atoms with Crippen molar-refractivity contribution in [3.05, 3.63) is 47.0 Å². The number of aromatic nitrogens is 2. The predicted molar refractivity (Wildman–Crippen MR) is 68.7 cm³/mol. The maximum absolute atomic E-state index is 9.38. The molecule has 1 unspecified atom stereocenters. The van der Waals surface area contributed by atoms with Crippen LogP contribution in [-0.2, 0) is 7.05 Å². The lowest BCUT2D eigenvalue weighted by Gasteiger charge is -2.14. The summed E-state index contributed by atoms with van der Waals surface area (Å²) in [7, 11) is 3.42. The van der Waals surface area contributed by atoms with Crippen LogP contribution < -0.4 is 4.74 Å². The number of ether oxygens (including phenoxy) is 1. The van der Waals surface area contributed by atoms with Gasteiger partial charge in [-0.15, -0.1) is 0 Å². The molecule has 1 aromatic heterocycles. The first-order valence-corrected chi connectivity index (χ1v) is 5.75. The summed E-state index contributed by atoms with van der Waals surface area (Å²) in [5.41, 5.74) is 0.724. The van der Waals surface area contributed by atoms with E-state index in [4.69, 9.17) is 16.3 Å². The van der Waals surface area contributed by atoms with Crippen molar-refractivity contribution in [1.29, 1.82) is 5.26 Å². The molecule has 1 heterocycles. The van der Waals surface area contributed by atoms with Crippen LogP contribution in [0.2, 0.25) is 5.02 Å². The molecule has 0 saturated carbocycles. The van der Waals surface area contributed by atoms with Crippen molar-refractivity contribution in [2.45, 2.75) is 5.92 Å². The fourth-order valence-electron chi connectivity index (χ4n) is 1.85. The van der Waals surface area contributed by atoms with E-state index in [1.165, 1.54) is 0 Å². The molecule has 0 bridgehead atoms. The molecule has 0 spiro atoms. The zero-order chi connectivity index (χ0) is 13.1. The number of aryl methyl sites for hydroxylation is 1. The van der Waals surface area contributed by atoms with Crippen molar-refractivity contribution in [2.75, 3.05) is 7.11 Å². The van der Waals surface area contributed by atoms with E-state index in [1.807, 2.05) is 11.6 Å². The van der Waals surface area contributed by atoms with Crippen LogP contribution in [-0.4, -0.2) is 16.7 Å². The molecule has 2 rings (SSSR count). The Balaban J connectivity index is 2.55. The molecule has 0 aliphatic rings. The number of nitrogens with zero attached hydrogens (tertiary/aromatic N) is 3. The molecule has 92 valence electrons. The predicted octanol–water partition coefficient (Wildman–Crippen LogP) is 2.74. The molecule has 0 N–H and O–H groups in total. The molecule has 0 saturated heterocycles. The van der Waals surface area contributed by atoms with E-state index >= 15 is 0 Å². The average Bonchev–Trinajstić information content (AvgIpc) is 2.77. The van der Waals surface area contributed by atoms with E-state index in [9.17, 15) is 5.26 Å². The summed E-state index contributed by atoms with van der Waals surface area (Å²) in [6, 6.07) is 7.47. The summed E-state index contributed by atoms with van der Waals surface area (Å²) < 4.78 is 7.09. The largest absolute Gasteiger partial charge is 0.496 e. The zero-order valence-corrected chi connectivity index (χ0v) is 10.8. The highest BCUT2D eigenvalue weighted by atomic mass is 35.5. The molecule has 2 aromatic rings. The molecule has 4 nitrogen and oxygen atoms in total. The molecule has 0 radical (unpaired) electrons. The smallest absolute Gasteiger partial charge is 0.133 e. The Kier molecular flexibility index (Phi) is 3.54. The van der Waals surface area contributed by atoms with Crippen LogP contribution in [0, 0.1) is 11.3 Å². The van der Waals surface area contributed by atoms with Crippen LogP contribution in [0.4, 0.5) is 0 Å². The fourth-order valence-corrected chi connectivity index (χ4v) is 2.03. The van der Waals surface area contributed by atoms with E-state index in [-0.39, 0.29) is 0 Å². The average molecular weight is 262 g/mol. The van der Waals surface area contributed by atoms with Gasteiger partial charge < -0.3 is 9.30 Å². The third-order valence-corrected chi connectivity index (χ3v) is 2.98. The molecule has 18 heavy (non-hydrogen) atoms. The van der Waals surface area contributed by atoms with Gasteiger partial charge in [0.2, 0.25) is 0 Å². The Bertz CT molecular complexity index is 601. The minimum absolute atomic E-state index is 0.501. The highest BCUT2D eigenvalue weighted by Crippen LogP contribution is 2.32. The van der Waals surface area contributed by atoms with Gasteiger partial charge in [0.1, 0.15) is 17.5 Å². The second-order valence-electron chi connectivity index (χ2n) is 3.84. The van der Waals surface area contributed by atoms with Gasteiger partial charge >= 0.3 is 0 Å². The quantitative estimate of drug-likeness (QED) is 0.854. The van der Waals surface area contributed by atoms with Crippen molar-refractivity contribution in [3.8, 4) is 11.8 Å². The van der Waals surface area contributed by atoms with Crippen molar-refractivity contribution in [1.82, 2.24) is 9.55 Å². The molecule has 0 aliphatic carbocycles. The van der Waals surface area contributed by atoms with Crippen molar-refractivity contribution in [3.63, 3.8) is 0 Å². The van der Waals surface area contributed by atoms with E-state index in [0.717, 1.165) is 5.56 Å². The summed E-state index contributed by atoms with van der Waals surface area (Å²) in [6.07, 6.45) is 3.47. The van der Waals surface area contributed by atoms with Crippen LogP contribution in [0.5, 0.6) is 5.75 Å². The number of methoxy groups -OCH3 is 1. The Morgan fingerprint density at radius 2 is 2.28 bits per heavy atom. The lowest BCUT2D eigenvalue weighted by atomic mass is 9.98. The molecular formula is C13H12ClN3O. The number of rotatable bonds is 3. The monoisotopic (exact) mass is 261 g/mol. The van der Waals surface area contributed by atoms with E-state index in [2.05, 4.69) is 11.1 Å². The summed E-state index contributed by atoms with van der Waals surface area (Å²) >= 11 is 5.98. The first kappa shape index (κ1) is 12.5. The van der Waals surface area contributed by atoms with Crippen molar-refractivity contribution >= 4 is 11.6 Å². The summed E-state index contributed by atoms with van der Waals surface area (Å²) in [5, 5.41) is 9.95. The standard InChI is InChI=1S/C13H12ClN3O/c1-17-6-5-16-13(17)11(8-15)10-7-9(14)3-4-12(10)18-2/h3-7,11H,1-2H3. The lowest BCUT2D eigenvalue weighted by Crippen LogP contribution is -2.07.